The molecule has 0 heterocycles. The molecule has 0 aromatic heterocycles. The Bertz CT molecular complexity index is 309. The standard InChI is InChI=1S/C15H24O/c1-6-15(5)9-7-8-12(4)14(16)13(15)10-11(2)3/h6,10,12-13H,1,7-9H2,2-5H3/t12-,13-,15-/m1/s1. The quantitative estimate of drug-likeness (QED) is 0.504. The van der Waals surface area contributed by atoms with Crippen molar-refractivity contribution in [2.75, 3.05) is 0 Å². The van der Waals surface area contributed by atoms with Crippen molar-refractivity contribution >= 4 is 5.78 Å². The van der Waals surface area contributed by atoms with E-state index in [0.717, 1.165) is 19.3 Å². The van der Waals surface area contributed by atoms with Crippen molar-refractivity contribution in [1.82, 2.24) is 0 Å². The Hall–Kier alpha value is -0.850. The molecule has 0 N–H and O–H groups in total. The Kier molecular flexibility index (Phi) is 4.12. The minimum atomic E-state index is -0.0564. The van der Waals surface area contributed by atoms with Gasteiger partial charge in [0.05, 0.1) is 0 Å². The molecule has 0 aliphatic heterocycles. The zero-order valence-electron chi connectivity index (χ0n) is 11.0. The summed E-state index contributed by atoms with van der Waals surface area (Å²) in [5, 5.41) is 0. The minimum absolute atomic E-state index is 0.0208. The van der Waals surface area contributed by atoms with Gasteiger partial charge in [-0.3, -0.25) is 4.79 Å². The van der Waals surface area contributed by atoms with Gasteiger partial charge in [-0.15, -0.1) is 6.58 Å². The molecule has 1 aliphatic carbocycles. The van der Waals surface area contributed by atoms with Gasteiger partial charge in [0, 0.05) is 11.8 Å². The van der Waals surface area contributed by atoms with Crippen LogP contribution in [-0.2, 0) is 4.79 Å². The van der Waals surface area contributed by atoms with E-state index in [-0.39, 0.29) is 17.3 Å². The summed E-state index contributed by atoms with van der Waals surface area (Å²) in [6.07, 6.45) is 7.33. The van der Waals surface area contributed by atoms with Crippen molar-refractivity contribution in [3.63, 3.8) is 0 Å². The van der Waals surface area contributed by atoms with Crippen LogP contribution in [0, 0.1) is 17.3 Å². The lowest BCUT2D eigenvalue weighted by Gasteiger charge is -2.31. The highest BCUT2D eigenvalue weighted by atomic mass is 16.1. The van der Waals surface area contributed by atoms with Crippen LogP contribution >= 0.6 is 0 Å². The van der Waals surface area contributed by atoms with Crippen LogP contribution in [-0.4, -0.2) is 5.78 Å². The topological polar surface area (TPSA) is 17.1 Å². The van der Waals surface area contributed by atoms with Gasteiger partial charge in [-0.05, 0) is 32.1 Å². The second kappa shape index (κ2) is 4.99. The first-order valence-corrected chi connectivity index (χ1v) is 6.23. The molecule has 0 aromatic rings. The van der Waals surface area contributed by atoms with Crippen molar-refractivity contribution in [2.24, 2.45) is 17.3 Å². The maximum Gasteiger partial charge on any atom is 0.143 e. The van der Waals surface area contributed by atoms with Gasteiger partial charge in [-0.1, -0.05) is 38.0 Å². The van der Waals surface area contributed by atoms with E-state index in [1.54, 1.807) is 0 Å². The molecule has 16 heavy (non-hydrogen) atoms. The Labute approximate surface area is 99.6 Å². The van der Waals surface area contributed by atoms with Crippen molar-refractivity contribution in [3.05, 3.63) is 24.3 Å². The van der Waals surface area contributed by atoms with Crippen molar-refractivity contribution in [2.45, 2.75) is 47.0 Å². The molecule has 0 spiro atoms. The smallest absolute Gasteiger partial charge is 0.143 e. The number of hydrogen-bond acceptors (Lipinski definition) is 1. The van der Waals surface area contributed by atoms with E-state index in [1.807, 2.05) is 6.08 Å². The minimum Gasteiger partial charge on any atom is -0.299 e. The molecule has 1 nitrogen and oxygen atoms in total. The van der Waals surface area contributed by atoms with Crippen LogP contribution < -0.4 is 0 Å². The highest BCUT2D eigenvalue weighted by Crippen LogP contribution is 2.41. The molecule has 1 rings (SSSR count). The zero-order chi connectivity index (χ0) is 12.3. The van der Waals surface area contributed by atoms with Gasteiger partial charge in [0.15, 0.2) is 0 Å². The summed E-state index contributed by atoms with van der Waals surface area (Å²) in [5.74, 6) is 0.607. The second-order valence-electron chi connectivity index (χ2n) is 5.63. The highest BCUT2D eigenvalue weighted by Gasteiger charge is 2.38. The average molecular weight is 220 g/mol. The molecule has 0 aromatic carbocycles. The number of allylic oxidation sites excluding steroid dienone is 3. The van der Waals surface area contributed by atoms with E-state index >= 15 is 0 Å². The monoisotopic (exact) mass is 220 g/mol. The fourth-order valence-electron chi connectivity index (χ4n) is 2.55. The predicted molar refractivity (Wildman–Crippen MR) is 69.2 cm³/mol. The number of carbonyl (C=O) groups is 1. The third-order valence-electron chi connectivity index (χ3n) is 3.82. The molecule has 1 heteroatoms. The summed E-state index contributed by atoms with van der Waals surface area (Å²) in [7, 11) is 0. The molecule has 90 valence electrons. The summed E-state index contributed by atoms with van der Waals surface area (Å²) >= 11 is 0. The van der Waals surface area contributed by atoms with Crippen molar-refractivity contribution < 1.29 is 4.79 Å². The van der Waals surface area contributed by atoms with Crippen LogP contribution in [0.4, 0.5) is 0 Å². The number of hydrogen-bond donors (Lipinski definition) is 0. The maximum absolute atomic E-state index is 12.4. The van der Waals surface area contributed by atoms with Crippen LogP contribution in [0.15, 0.2) is 24.3 Å². The summed E-state index contributed by atoms with van der Waals surface area (Å²) < 4.78 is 0. The Morgan fingerprint density at radius 1 is 1.50 bits per heavy atom. The van der Waals surface area contributed by atoms with Gasteiger partial charge in [0.1, 0.15) is 5.78 Å². The van der Waals surface area contributed by atoms with E-state index < -0.39 is 0 Å². The summed E-state index contributed by atoms with van der Waals surface area (Å²) in [6.45, 7) is 12.3. The molecule has 1 saturated carbocycles. The van der Waals surface area contributed by atoms with E-state index in [1.165, 1.54) is 5.57 Å². The SMILES string of the molecule is C=C[C@]1(C)CCC[C@@H](C)C(=O)[C@H]1C=C(C)C. The first-order valence-electron chi connectivity index (χ1n) is 6.23. The molecule has 1 aliphatic rings. The average Bonchev–Trinajstić information content (AvgIpc) is 2.32. The summed E-state index contributed by atoms with van der Waals surface area (Å²) in [5.41, 5.74) is 1.17. The van der Waals surface area contributed by atoms with Gasteiger partial charge >= 0.3 is 0 Å². The molecule has 1 fully saturated rings. The van der Waals surface area contributed by atoms with Crippen molar-refractivity contribution in [3.8, 4) is 0 Å². The molecular formula is C15H24O. The Morgan fingerprint density at radius 3 is 2.62 bits per heavy atom. The molecule has 3 atom stereocenters. The second-order valence-corrected chi connectivity index (χ2v) is 5.63. The van der Waals surface area contributed by atoms with Gasteiger partial charge in [0.25, 0.3) is 0 Å². The van der Waals surface area contributed by atoms with Gasteiger partial charge in [-0.2, -0.15) is 0 Å². The largest absolute Gasteiger partial charge is 0.299 e. The van der Waals surface area contributed by atoms with Crippen LogP contribution in [0.3, 0.4) is 0 Å². The fraction of sp³-hybridized carbons (Fsp3) is 0.667. The van der Waals surface area contributed by atoms with Crippen molar-refractivity contribution in [1.29, 1.82) is 0 Å². The maximum atomic E-state index is 12.4. The Balaban J connectivity index is 3.12. The zero-order valence-corrected chi connectivity index (χ0v) is 11.0. The van der Waals surface area contributed by atoms with Crippen LogP contribution in [0.2, 0.25) is 0 Å². The molecule has 0 bridgehead atoms. The molecule has 0 amide bonds. The van der Waals surface area contributed by atoms with Crippen LogP contribution in [0.5, 0.6) is 0 Å². The lowest BCUT2D eigenvalue weighted by molar-refractivity contribution is -0.126. The van der Waals surface area contributed by atoms with Gasteiger partial charge in [-0.25, -0.2) is 0 Å². The normalized spacial score (nSPS) is 35.4. The third-order valence-corrected chi connectivity index (χ3v) is 3.82. The number of carbonyl (C=O) groups excluding carboxylic acids is 1. The summed E-state index contributed by atoms with van der Waals surface area (Å²) in [4.78, 5) is 12.4. The van der Waals surface area contributed by atoms with Gasteiger partial charge in [0.2, 0.25) is 0 Å². The van der Waals surface area contributed by atoms with E-state index in [0.29, 0.717) is 5.78 Å². The number of ketones is 1. The van der Waals surface area contributed by atoms with E-state index in [9.17, 15) is 4.79 Å². The lowest BCUT2D eigenvalue weighted by atomic mass is 9.72. The lowest BCUT2D eigenvalue weighted by Crippen LogP contribution is -2.31. The molecule has 0 unspecified atom stereocenters. The van der Waals surface area contributed by atoms with Crippen LogP contribution in [0.25, 0.3) is 0 Å². The third kappa shape index (κ3) is 2.63. The van der Waals surface area contributed by atoms with Crippen LogP contribution in [0.1, 0.15) is 47.0 Å². The highest BCUT2D eigenvalue weighted by molar-refractivity contribution is 5.86. The van der Waals surface area contributed by atoms with Gasteiger partial charge < -0.3 is 0 Å². The molecular weight excluding hydrogens is 196 g/mol. The van der Waals surface area contributed by atoms with E-state index in [4.69, 9.17) is 0 Å². The fourth-order valence-corrected chi connectivity index (χ4v) is 2.55. The summed E-state index contributed by atoms with van der Waals surface area (Å²) in [6, 6.07) is 0. The first kappa shape index (κ1) is 13.2. The predicted octanol–water partition coefficient (Wildman–Crippen LogP) is 4.15. The Morgan fingerprint density at radius 2 is 2.12 bits per heavy atom. The molecule has 0 saturated heterocycles. The first-order chi connectivity index (χ1) is 7.40. The number of Topliss-reactive ketones (excluding diaryl/α,β-unsaturated/α-hetero) is 1. The van der Waals surface area contributed by atoms with E-state index in [2.05, 4.69) is 40.3 Å². The molecule has 0 radical (unpaired) electrons. The number of rotatable bonds is 2.